The Morgan fingerprint density at radius 2 is 1.94 bits per heavy atom. The third-order valence-corrected chi connectivity index (χ3v) is 2.96. The Labute approximate surface area is 105 Å². The number of hydrogen-bond acceptors (Lipinski definition) is 2. The minimum atomic E-state index is 0.408. The van der Waals surface area contributed by atoms with Crippen LogP contribution in [-0.4, -0.2) is 6.04 Å². The van der Waals surface area contributed by atoms with Gasteiger partial charge in [-0.15, -0.1) is 0 Å². The summed E-state index contributed by atoms with van der Waals surface area (Å²) >= 11 is 0. The number of benzene rings is 1. The lowest BCUT2D eigenvalue weighted by Crippen LogP contribution is -2.17. The molecule has 0 aromatic heterocycles. The zero-order valence-electron chi connectivity index (χ0n) is 11.2. The molecule has 2 heteroatoms. The first-order valence-corrected chi connectivity index (χ1v) is 6.30. The van der Waals surface area contributed by atoms with E-state index in [0.717, 1.165) is 29.2 Å². The minimum absolute atomic E-state index is 0.408. The molecule has 0 radical (unpaired) electrons. The second-order valence-corrected chi connectivity index (χ2v) is 5.13. The molecule has 0 saturated heterocycles. The molecular weight excluding hydrogens is 208 g/mol. The third-order valence-electron chi connectivity index (χ3n) is 2.96. The predicted octanol–water partition coefficient (Wildman–Crippen LogP) is 4.10. The van der Waals surface area contributed by atoms with Gasteiger partial charge in [-0.3, -0.25) is 0 Å². The van der Waals surface area contributed by atoms with Crippen molar-refractivity contribution in [2.24, 2.45) is 5.92 Å². The van der Waals surface area contributed by atoms with Crippen LogP contribution in [0.15, 0.2) is 18.2 Å². The van der Waals surface area contributed by atoms with Gasteiger partial charge < -0.3 is 5.32 Å². The SMILES string of the molecule is Cc1cccc(C#N)c1NC(C)CCC(C)C. The smallest absolute Gasteiger partial charge is 0.101 e. The number of nitriles is 1. The summed E-state index contributed by atoms with van der Waals surface area (Å²) in [4.78, 5) is 0. The van der Waals surface area contributed by atoms with Crippen molar-refractivity contribution in [1.29, 1.82) is 5.26 Å². The fourth-order valence-electron chi connectivity index (χ4n) is 1.85. The molecule has 1 rings (SSSR count). The van der Waals surface area contributed by atoms with Crippen LogP contribution in [0.25, 0.3) is 0 Å². The number of hydrogen-bond donors (Lipinski definition) is 1. The van der Waals surface area contributed by atoms with E-state index in [1.807, 2.05) is 25.1 Å². The standard InChI is InChI=1S/C15H22N2/c1-11(2)8-9-13(4)17-15-12(3)6-5-7-14(15)10-16/h5-7,11,13,17H,8-9H2,1-4H3. The molecule has 92 valence electrons. The van der Waals surface area contributed by atoms with E-state index in [9.17, 15) is 0 Å². The van der Waals surface area contributed by atoms with E-state index in [2.05, 4.69) is 32.2 Å². The summed E-state index contributed by atoms with van der Waals surface area (Å²) in [5.74, 6) is 0.728. The van der Waals surface area contributed by atoms with E-state index < -0.39 is 0 Å². The van der Waals surface area contributed by atoms with Gasteiger partial charge in [0.2, 0.25) is 0 Å². The monoisotopic (exact) mass is 230 g/mol. The van der Waals surface area contributed by atoms with Crippen LogP contribution in [0.4, 0.5) is 5.69 Å². The zero-order chi connectivity index (χ0) is 12.8. The quantitative estimate of drug-likeness (QED) is 0.826. The summed E-state index contributed by atoms with van der Waals surface area (Å²) in [5.41, 5.74) is 2.87. The number of nitrogens with zero attached hydrogens (tertiary/aromatic N) is 1. The highest BCUT2D eigenvalue weighted by molar-refractivity contribution is 5.62. The van der Waals surface area contributed by atoms with Crippen molar-refractivity contribution in [1.82, 2.24) is 0 Å². The van der Waals surface area contributed by atoms with Crippen LogP contribution >= 0.6 is 0 Å². The van der Waals surface area contributed by atoms with Gasteiger partial charge >= 0.3 is 0 Å². The highest BCUT2D eigenvalue weighted by atomic mass is 14.9. The Balaban J connectivity index is 2.71. The molecule has 1 atom stereocenters. The van der Waals surface area contributed by atoms with Crippen molar-refractivity contribution in [3.63, 3.8) is 0 Å². The maximum atomic E-state index is 9.08. The highest BCUT2D eigenvalue weighted by Crippen LogP contribution is 2.21. The lowest BCUT2D eigenvalue weighted by Gasteiger charge is -2.18. The molecule has 0 bridgehead atoms. The van der Waals surface area contributed by atoms with E-state index in [4.69, 9.17) is 5.26 Å². The normalized spacial score (nSPS) is 12.2. The van der Waals surface area contributed by atoms with Crippen molar-refractivity contribution in [2.45, 2.75) is 46.6 Å². The summed E-state index contributed by atoms with van der Waals surface area (Å²) in [5, 5.41) is 12.5. The average molecular weight is 230 g/mol. The van der Waals surface area contributed by atoms with Gasteiger partial charge in [0.25, 0.3) is 0 Å². The number of rotatable bonds is 5. The summed E-state index contributed by atoms with van der Waals surface area (Å²) in [6.07, 6.45) is 2.35. The molecule has 0 saturated carbocycles. The lowest BCUT2D eigenvalue weighted by atomic mass is 10.0. The zero-order valence-corrected chi connectivity index (χ0v) is 11.2. The topological polar surface area (TPSA) is 35.8 Å². The molecule has 0 aliphatic rings. The summed E-state index contributed by atoms with van der Waals surface area (Å²) in [6, 6.07) is 8.49. The van der Waals surface area contributed by atoms with Crippen LogP contribution < -0.4 is 5.32 Å². The molecule has 1 aromatic carbocycles. The van der Waals surface area contributed by atoms with Crippen molar-refractivity contribution < 1.29 is 0 Å². The molecule has 0 amide bonds. The first-order chi connectivity index (χ1) is 8.04. The van der Waals surface area contributed by atoms with Crippen molar-refractivity contribution >= 4 is 5.69 Å². The Morgan fingerprint density at radius 3 is 2.53 bits per heavy atom. The molecule has 0 aliphatic heterocycles. The first kappa shape index (κ1) is 13.6. The first-order valence-electron chi connectivity index (χ1n) is 6.30. The van der Waals surface area contributed by atoms with Crippen LogP contribution in [0.5, 0.6) is 0 Å². The number of para-hydroxylation sites is 1. The predicted molar refractivity (Wildman–Crippen MR) is 73.1 cm³/mol. The maximum absolute atomic E-state index is 9.08. The van der Waals surface area contributed by atoms with Gasteiger partial charge in [-0.1, -0.05) is 26.0 Å². The number of anilines is 1. The van der Waals surface area contributed by atoms with Crippen LogP contribution in [0.3, 0.4) is 0 Å². The summed E-state index contributed by atoms with van der Waals surface area (Å²) in [6.45, 7) is 8.69. The molecule has 1 unspecified atom stereocenters. The summed E-state index contributed by atoms with van der Waals surface area (Å²) in [7, 11) is 0. The van der Waals surface area contributed by atoms with Crippen molar-refractivity contribution in [3.8, 4) is 6.07 Å². The van der Waals surface area contributed by atoms with Gasteiger partial charge in [-0.25, -0.2) is 0 Å². The van der Waals surface area contributed by atoms with E-state index >= 15 is 0 Å². The van der Waals surface area contributed by atoms with Gasteiger partial charge in [0, 0.05) is 6.04 Å². The van der Waals surface area contributed by atoms with Crippen molar-refractivity contribution in [3.05, 3.63) is 29.3 Å². The van der Waals surface area contributed by atoms with Gasteiger partial charge in [-0.05, 0) is 44.2 Å². The highest BCUT2D eigenvalue weighted by Gasteiger charge is 2.09. The lowest BCUT2D eigenvalue weighted by molar-refractivity contribution is 0.527. The molecule has 0 aliphatic carbocycles. The Morgan fingerprint density at radius 1 is 1.24 bits per heavy atom. The molecule has 17 heavy (non-hydrogen) atoms. The summed E-state index contributed by atoms with van der Waals surface area (Å²) < 4.78 is 0. The third kappa shape index (κ3) is 4.11. The van der Waals surface area contributed by atoms with Gasteiger partial charge in [-0.2, -0.15) is 5.26 Å². The Kier molecular flexibility index (Phi) is 5.03. The van der Waals surface area contributed by atoms with E-state index in [-0.39, 0.29) is 0 Å². The van der Waals surface area contributed by atoms with Crippen LogP contribution in [-0.2, 0) is 0 Å². The largest absolute Gasteiger partial charge is 0.381 e. The van der Waals surface area contributed by atoms with Crippen molar-refractivity contribution in [2.75, 3.05) is 5.32 Å². The molecule has 0 fully saturated rings. The molecular formula is C15H22N2. The molecule has 0 spiro atoms. The van der Waals surface area contributed by atoms with Gasteiger partial charge in [0.1, 0.15) is 6.07 Å². The Bertz CT molecular complexity index is 402. The molecule has 2 nitrogen and oxygen atoms in total. The van der Waals surface area contributed by atoms with E-state index in [1.165, 1.54) is 6.42 Å². The molecule has 1 N–H and O–H groups in total. The number of nitrogens with one attached hydrogen (secondary N) is 1. The van der Waals surface area contributed by atoms with Crippen LogP contribution in [0.2, 0.25) is 0 Å². The fourth-order valence-corrected chi connectivity index (χ4v) is 1.85. The van der Waals surface area contributed by atoms with E-state index in [1.54, 1.807) is 0 Å². The van der Waals surface area contributed by atoms with Gasteiger partial charge in [0.05, 0.1) is 11.3 Å². The van der Waals surface area contributed by atoms with Crippen LogP contribution in [0, 0.1) is 24.2 Å². The second kappa shape index (κ2) is 6.30. The number of aryl methyl sites for hydroxylation is 1. The fraction of sp³-hybridized carbons (Fsp3) is 0.533. The van der Waals surface area contributed by atoms with Gasteiger partial charge in [0.15, 0.2) is 0 Å². The minimum Gasteiger partial charge on any atom is -0.381 e. The maximum Gasteiger partial charge on any atom is 0.101 e. The second-order valence-electron chi connectivity index (χ2n) is 5.13. The van der Waals surface area contributed by atoms with E-state index in [0.29, 0.717) is 6.04 Å². The molecule has 1 aromatic rings. The average Bonchev–Trinajstić information content (AvgIpc) is 2.29. The Hall–Kier alpha value is -1.49. The van der Waals surface area contributed by atoms with Crippen LogP contribution in [0.1, 0.15) is 44.7 Å². The molecule has 0 heterocycles.